The van der Waals surface area contributed by atoms with Crippen molar-refractivity contribution < 1.29 is 0 Å². The van der Waals surface area contributed by atoms with Crippen LogP contribution in [0, 0.1) is 0 Å². The van der Waals surface area contributed by atoms with Gasteiger partial charge < -0.3 is 4.90 Å². The van der Waals surface area contributed by atoms with E-state index >= 15 is 0 Å². The first-order valence-electron chi connectivity index (χ1n) is 9.22. The molecule has 2 aliphatic rings. The average Bonchev–Trinajstić information content (AvgIpc) is 3.49. The Bertz CT molecular complexity index is 723. The van der Waals surface area contributed by atoms with E-state index in [4.69, 9.17) is 16.6 Å². The lowest BCUT2D eigenvalue weighted by Gasteiger charge is -2.37. The van der Waals surface area contributed by atoms with Crippen molar-refractivity contribution in [1.29, 1.82) is 0 Å². The van der Waals surface area contributed by atoms with Crippen LogP contribution < -0.4 is 4.90 Å². The van der Waals surface area contributed by atoms with Crippen molar-refractivity contribution in [2.45, 2.75) is 44.2 Å². The van der Waals surface area contributed by atoms with E-state index in [0.29, 0.717) is 12.0 Å². The fraction of sp³-hybridized carbons (Fsp3) is 0.500. The molecule has 1 aromatic heterocycles. The highest BCUT2D eigenvalue weighted by Gasteiger charge is 2.28. The van der Waals surface area contributed by atoms with E-state index < -0.39 is 0 Å². The Hall–Kier alpha value is -1.65. The second-order valence-corrected chi connectivity index (χ2v) is 7.66. The van der Waals surface area contributed by atoms with E-state index in [-0.39, 0.29) is 0 Å². The number of nitrogens with zero attached hydrogens (tertiary/aromatic N) is 4. The Morgan fingerprint density at radius 2 is 1.88 bits per heavy atom. The first-order valence-corrected chi connectivity index (χ1v) is 9.60. The van der Waals surface area contributed by atoms with Gasteiger partial charge in [0.1, 0.15) is 11.6 Å². The smallest absolute Gasteiger partial charge is 0.133 e. The zero-order chi connectivity index (χ0) is 17.2. The average molecular weight is 357 g/mol. The molecule has 1 aliphatic carbocycles. The van der Waals surface area contributed by atoms with Gasteiger partial charge in [-0.3, -0.25) is 4.90 Å². The summed E-state index contributed by atoms with van der Waals surface area (Å²) in [5, 5.41) is 0.871. The van der Waals surface area contributed by atoms with E-state index in [9.17, 15) is 0 Å². The number of anilines is 1. The van der Waals surface area contributed by atoms with Gasteiger partial charge >= 0.3 is 0 Å². The summed E-state index contributed by atoms with van der Waals surface area (Å²) >= 11 is 6.30. The molecule has 1 aliphatic heterocycles. The topological polar surface area (TPSA) is 32.3 Å². The number of hydrogen-bond acceptors (Lipinski definition) is 4. The van der Waals surface area contributed by atoms with Crippen LogP contribution >= 0.6 is 11.6 Å². The molecule has 2 aromatic rings. The van der Waals surface area contributed by atoms with Crippen molar-refractivity contribution >= 4 is 17.4 Å². The van der Waals surface area contributed by atoms with E-state index in [1.807, 2.05) is 24.4 Å². The molecule has 2 heterocycles. The predicted octanol–water partition coefficient (Wildman–Crippen LogP) is 4.11. The van der Waals surface area contributed by atoms with Crippen molar-refractivity contribution in [1.82, 2.24) is 14.9 Å². The third-order valence-corrected chi connectivity index (χ3v) is 5.79. The minimum Gasteiger partial charge on any atom is -0.356 e. The Kier molecular flexibility index (Phi) is 4.91. The Morgan fingerprint density at radius 1 is 1.12 bits per heavy atom. The van der Waals surface area contributed by atoms with E-state index in [2.05, 4.69) is 34.0 Å². The maximum absolute atomic E-state index is 6.30. The van der Waals surface area contributed by atoms with Crippen LogP contribution in [0.2, 0.25) is 5.02 Å². The van der Waals surface area contributed by atoms with Crippen LogP contribution in [-0.2, 0) is 6.54 Å². The highest BCUT2D eigenvalue weighted by atomic mass is 35.5. The number of aromatic nitrogens is 2. The first-order chi connectivity index (χ1) is 12.2. The van der Waals surface area contributed by atoms with Gasteiger partial charge in [-0.15, -0.1) is 0 Å². The second-order valence-electron chi connectivity index (χ2n) is 7.26. The summed E-state index contributed by atoms with van der Waals surface area (Å²) in [7, 11) is 2.17. The van der Waals surface area contributed by atoms with Crippen molar-refractivity contribution in [2.75, 3.05) is 25.0 Å². The van der Waals surface area contributed by atoms with E-state index in [0.717, 1.165) is 49.1 Å². The zero-order valence-electron chi connectivity index (χ0n) is 14.7. The third-order valence-electron chi connectivity index (χ3n) is 5.42. The quantitative estimate of drug-likeness (QED) is 0.807. The highest BCUT2D eigenvalue weighted by Crippen LogP contribution is 2.38. The van der Waals surface area contributed by atoms with Gasteiger partial charge in [-0.05, 0) is 43.4 Å². The molecule has 0 unspecified atom stereocenters. The van der Waals surface area contributed by atoms with Crippen molar-refractivity contribution in [3.05, 3.63) is 52.9 Å². The number of rotatable bonds is 5. The summed E-state index contributed by atoms with van der Waals surface area (Å²) in [6.45, 7) is 3.14. The molecule has 1 saturated carbocycles. The normalized spacial score (nSPS) is 19.1. The molecule has 0 atom stereocenters. The van der Waals surface area contributed by atoms with Crippen molar-refractivity contribution in [3.8, 4) is 0 Å². The fourth-order valence-electron chi connectivity index (χ4n) is 3.62. The molecule has 1 aromatic carbocycles. The molecule has 0 bridgehead atoms. The summed E-state index contributed by atoms with van der Waals surface area (Å²) in [5.74, 6) is 2.70. The van der Waals surface area contributed by atoms with Gasteiger partial charge in [0.05, 0.1) is 0 Å². The molecule has 4 rings (SSSR count). The lowest BCUT2D eigenvalue weighted by molar-refractivity contribution is 0.203. The number of halogens is 1. The summed E-state index contributed by atoms with van der Waals surface area (Å²) in [4.78, 5) is 14.1. The molecule has 0 spiro atoms. The molecule has 1 saturated heterocycles. The van der Waals surface area contributed by atoms with Gasteiger partial charge in [0.2, 0.25) is 0 Å². The van der Waals surface area contributed by atoms with Crippen LogP contribution in [0.4, 0.5) is 5.82 Å². The largest absolute Gasteiger partial charge is 0.356 e. The molecule has 5 heteroatoms. The minimum absolute atomic E-state index is 0.546. The monoisotopic (exact) mass is 356 g/mol. The maximum atomic E-state index is 6.30. The van der Waals surface area contributed by atoms with Crippen molar-refractivity contribution in [2.24, 2.45) is 0 Å². The number of benzene rings is 1. The van der Waals surface area contributed by atoms with E-state index in [1.165, 1.54) is 18.4 Å². The van der Waals surface area contributed by atoms with Crippen LogP contribution in [-0.4, -0.2) is 41.0 Å². The summed E-state index contributed by atoms with van der Waals surface area (Å²) in [6.07, 6.45) is 6.72. The van der Waals surface area contributed by atoms with Gasteiger partial charge in [0.25, 0.3) is 0 Å². The lowest BCUT2D eigenvalue weighted by atomic mass is 10.0. The van der Waals surface area contributed by atoms with E-state index in [1.54, 1.807) is 0 Å². The van der Waals surface area contributed by atoms with Gasteiger partial charge in [-0.25, -0.2) is 9.97 Å². The predicted molar refractivity (Wildman–Crippen MR) is 102 cm³/mol. The molecule has 4 nitrogen and oxygen atoms in total. The van der Waals surface area contributed by atoms with Gasteiger partial charge in [-0.1, -0.05) is 29.8 Å². The molecule has 0 radical (unpaired) electrons. The van der Waals surface area contributed by atoms with Gasteiger partial charge in [0.15, 0.2) is 0 Å². The summed E-state index contributed by atoms with van der Waals surface area (Å²) in [6, 6.07) is 10.7. The Labute approximate surface area is 154 Å². The van der Waals surface area contributed by atoms with Crippen LogP contribution in [0.25, 0.3) is 0 Å². The molecule has 2 fully saturated rings. The van der Waals surface area contributed by atoms with Gasteiger partial charge in [0, 0.05) is 49.9 Å². The van der Waals surface area contributed by atoms with Crippen LogP contribution in [0.15, 0.2) is 36.5 Å². The molecular weight excluding hydrogens is 332 g/mol. The number of likely N-dealkylation sites (tertiary alicyclic amines) is 1. The van der Waals surface area contributed by atoms with Crippen LogP contribution in [0.5, 0.6) is 0 Å². The second kappa shape index (κ2) is 7.30. The van der Waals surface area contributed by atoms with Gasteiger partial charge in [-0.2, -0.15) is 0 Å². The van der Waals surface area contributed by atoms with Crippen molar-refractivity contribution in [3.63, 3.8) is 0 Å². The fourth-order valence-corrected chi connectivity index (χ4v) is 3.81. The molecule has 25 heavy (non-hydrogen) atoms. The summed E-state index contributed by atoms with van der Waals surface area (Å²) < 4.78 is 0. The summed E-state index contributed by atoms with van der Waals surface area (Å²) in [5.41, 5.74) is 1.22. The SMILES string of the molecule is CN(c1ccnc(C2CC2)n1)C1CCN(Cc2ccccc2Cl)CC1. The number of hydrogen-bond donors (Lipinski definition) is 0. The standard InChI is InChI=1S/C20H25ClN4/c1-24(19-8-11-22-20(23-19)15-6-7-15)17-9-12-25(13-10-17)14-16-4-2-3-5-18(16)21/h2-5,8,11,15,17H,6-7,9-10,12-14H2,1H3. The number of piperidine rings is 1. The minimum atomic E-state index is 0.546. The molecular formula is C20H25ClN4. The maximum Gasteiger partial charge on any atom is 0.133 e. The molecule has 0 N–H and O–H groups in total. The van der Waals surface area contributed by atoms with Crippen LogP contribution in [0.1, 0.15) is 43.0 Å². The first kappa shape index (κ1) is 16.8. The molecule has 0 amide bonds. The third kappa shape index (κ3) is 3.96. The van der Waals surface area contributed by atoms with Crippen LogP contribution in [0.3, 0.4) is 0 Å². The highest BCUT2D eigenvalue weighted by molar-refractivity contribution is 6.31. The molecule has 132 valence electrons. The zero-order valence-corrected chi connectivity index (χ0v) is 15.5. The lowest BCUT2D eigenvalue weighted by Crippen LogP contribution is -2.43. The Balaban J connectivity index is 1.35. The Morgan fingerprint density at radius 3 is 2.60 bits per heavy atom.